The first-order valence-corrected chi connectivity index (χ1v) is 11.2. The second-order valence-corrected chi connectivity index (χ2v) is 8.67. The molecule has 0 fully saturated rings. The Kier molecular flexibility index (Phi) is 5.40. The molecule has 4 nitrogen and oxygen atoms in total. The molecule has 5 heteroatoms. The smallest absolute Gasteiger partial charge is 0.336 e. The van der Waals surface area contributed by atoms with E-state index in [1.54, 1.807) is 0 Å². The van der Waals surface area contributed by atoms with E-state index in [-0.39, 0.29) is 0 Å². The number of halogens is 1. The minimum atomic E-state index is -0.393. The first kappa shape index (κ1) is 20.7. The minimum Gasteiger partial charge on any atom is -0.471 e. The minimum absolute atomic E-state index is 0.378. The van der Waals surface area contributed by atoms with Crippen LogP contribution < -0.4 is 15.3 Å². The van der Waals surface area contributed by atoms with Crippen molar-refractivity contribution in [3.05, 3.63) is 93.3 Å². The highest BCUT2D eigenvalue weighted by Crippen LogP contribution is 2.42. The Morgan fingerprint density at radius 3 is 2.53 bits per heavy atom. The first-order chi connectivity index (χ1) is 15.5. The average Bonchev–Trinajstić information content (AvgIpc) is 2.84. The molecule has 1 aliphatic rings. The molecule has 1 aromatic heterocycles. The van der Waals surface area contributed by atoms with E-state index in [1.807, 2.05) is 36.4 Å². The molecule has 1 atom stereocenters. The third kappa shape index (κ3) is 3.65. The number of nitrogens with zero attached hydrogens (tertiary/aromatic N) is 1. The maximum Gasteiger partial charge on any atom is 0.336 e. The Labute approximate surface area is 192 Å². The van der Waals surface area contributed by atoms with E-state index in [9.17, 15) is 4.79 Å². The highest BCUT2D eigenvalue weighted by molar-refractivity contribution is 6.33. The molecule has 0 spiro atoms. The zero-order valence-electron chi connectivity index (χ0n) is 18.1. The van der Waals surface area contributed by atoms with Gasteiger partial charge < -0.3 is 14.1 Å². The van der Waals surface area contributed by atoms with Gasteiger partial charge in [-0.2, -0.15) is 0 Å². The highest BCUT2D eigenvalue weighted by atomic mass is 35.5. The molecule has 32 heavy (non-hydrogen) atoms. The van der Waals surface area contributed by atoms with Gasteiger partial charge in [-0.3, -0.25) is 0 Å². The van der Waals surface area contributed by atoms with Crippen LogP contribution in [0, 0.1) is 0 Å². The summed E-state index contributed by atoms with van der Waals surface area (Å²) in [6, 6.07) is 21.7. The lowest BCUT2D eigenvalue weighted by Crippen LogP contribution is -2.32. The molecular weight excluding hydrogens is 422 g/mol. The zero-order valence-corrected chi connectivity index (χ0v) is 18.9. The Morgan fingerprint density at radius 2 is 1.81 bits per heavy atom. The van der Waals surface area contributed by atoms with Crippen LogP contribution in [0.25, 0.3) is 22.1 Å². The number of anilines is 1. The lowest BCUT2D eigenvalue weighted by molar-refractivity contribution is 0.289. The molecule has 0 amide bonds. The van der Waals surface area contributed by atoms with Gasteiger partial charge in [-0.05, 0) is 47.2 Å². The van der Waals surface area contributed by atoms with Gasteiger partial charge >= 0.3 is 5.63 Å². The molecule has 0 saturated carbocycles. The number of ether oxygens (including phenoxy) is 1. The van der Waals surface area contributed by atoms with Crippen molar-refractivity contribution in [3.63, 3.8) is 0 Å². The molecule has 0 saturated heterocycles. The van der Waals surface area contributed by atoms with Gasteiger partial charge in [0.25, 0.3) is 0 Å². The Morgan fingerprint density at radius 1 is 1.06 bits per heavy atom. The van der Waals surface area contributed by atoms with Crippen LogP contribution in [0.4, 0.5) is 5.69 Å². The molecule has 2 heterocycles. The monoisotopic (exact) mass is 445 g/mol. The number of rotatable bonds is 4. The van der Waals surface area contributed by atoms with Crippen LogP contribution in [0.5, 0.6) is 5.75 Å². The van der Waals surface area contributed by atoms with E-state index >= 15 is 0 Å². The Bertz CT molecular complexity index is 1330. The van der Waals surface area contributed by atoms with Crippen molar-refractivity contribution in [3.8, 4) is 16.9 Å². The first-order valence-electron chi connectivity index (χ1n) is 10.9. The molecule has 0 aliphatic carbocycles. The van der Waals surface area contributed by atoms with Crippen molar-refractivity contribution in [1.82, 2.24) is 0 Å². The van der Waals surface area contributed by atoms with Crippen LogP contribution in [-0.2, 0) is 6.54 Å². The van der Waals surface area contributed by atoms with E-state index in [0.717, 1.165) is 34.2 Å². The summed E-state index contributed by atoms with van der Waals surface area (Å²) in [6.07, 6.45) is 1.10. The highest BCUT2D eigenvalue weighted by Gasteiger charge is 2.26. The van der Waals surface area contributed by atoms with Crippen LogP contribution in [0.15, 0.2) is 75.9 Å². The fourth-order valence-corrected chi connectivity index (χ4v) is 4.54. The van der Waals surface area contributed by atoms with E-state index in [1.165, 1.54) is 11.6 Å². The summed E-state index contributed by atoms with van der Waals surface area (Å²) < 4.78 is 11.8. The van der Waals surface area contributed by atoms with Gasteiger partial charge in [0.1, 0.15) is 11.3 Å². The van der Waals surface area contributed by atoms with Crippen molar-refractivity contribution >= 4 is 28.3 Å². The van der Waals surface area contributed by atoms with Crippen molar-refractivity contribution in [2.45, 2.75) is 32.7 Å². The second-order valence-electron chi connectivity index (χ2n) is 8.26. The Balaban J connectivity index is 1.60. The maximum atomic E-state index is 12.5. The van der Waals surface area contributed by atoms with Crippen LogP contribution in [0.1, 0.15) is 37.3 Å². The Hall–Kier alpha value is -3.24. The molecule has 162 valence electrons. The molecule has 0 radical (unpaired) electrons. The largest absolute Gasteiger partial charge is 0.471 e. The molecule has 0 N–H and O–H groups in total. The molecule has 3 aromatic carbocycles. The third-order valence-electron chi connectivity index (χ3n) is 6.27. The van der Waals surface area contributed by atoms with Crippen molar-refractivity contribution in [2.24, 2.45) is 0 Å². The average molecular weight is 446 g/mol. The van der Waals surface area contributed by atoms with Gasteiger partial charge in [0.05, 0.1) is 17.1 Å². The number of fused-ring (bicyclic) bond motifs is 3. The van der Waals surface area contributed by atoms with Crippen LogP contribution in [0.2, 0.25) is 5.02 Å². The molecular formula is C27H24ClNO3. The fourth-order valence-electron chi connectivity index (χ4n) is 4.26. The van der Waals surface area contributed by atoms with E-state index < -0.39 is 5.63 Å². The lowest BCUT2D eigenvalue weighted by atomic mass is 9.98. The summed E-state index contributed by atoms with van der Waals surface area (Å²) in [7, 11) is 0. The summed E-state index contributed by atoms with van der Waals surface area (Å²) >= 11 is 6.62. The number of hydrogen-bond donors (Lipinski definition) is 0. The fraction of sp³-hybridized carbons (Fsp3) is 0.222. The predicted molar refractivity (Wildman–Crippen MR) is 130 cm³/mol. The summed E-state index contributed by atoms with van der Waals surface area (Å²) in [5.41, 5.74) is 5.04. The zero-order chi connectivity index (χ0) is 22.2. The van der Waals surface area contributed by atoms with Gasteiger partial charge in [0, 0.05) is 17.1 Å². The molecule has 0 bridgehead atoms. The number of benzene rings is 3. The molecule has 4 aromatic rings. The standard InChI is InChI=1S/C27H24ClNO3/c1-3-17(2)18-9-11-20(12-10-18)29-15-23-26-22(13-24(28)27(23)31-16-29)21(14-25(30)32-26)19-7-5-4-6-8-19/h4-14,17H,3,15-16H2,1-2H3. The second kappa shape index (κ2) is 8.36. The van der Waals surface area contributed by atoms with Crippen LogP contribution in [-0.4, -0.2) is 6.73 Å². The van der Waals surface area contributed by atoms with Gasteiger partial charge in [-0.1, -0.05) is 67.9 Å². The van der Waals surface area contributed by atoms with Crippen molar-refractivity contribution in [1.29, 1.82) is 0 Å². The maximum absolute atomic E-state index is 12.5. The summed E-state index contributed by atoms with van der Waals surface area (Å²) in [6.45, 7) is 5.34. The number of hydrogen-bond acceptors (Lipinski definition) is 4. The van der Waals surface area contributed by atoms with Crippen LogP contribution >= 0.6 is 11.6 Å². The summed E-state index contributed by atoms with van der Waals surface area (Å²) in [5.74, 6) is 1.11. The molecule has 1 aliphatic heterocycles. The topological polar surface area (TPSA) is 42.7 Å². The summed E-state index contributed by atoms with van der Waals surface area (Å²) in [5, 5.41) is 1.32. The quantitative estimate of drug-likeness (QED) is 0.318. The van der Waals surface area contributed by atoms with Gasteiger partial charge in [-0.15, -0.1) is 0 Å². The van der Waals surface area contributed by atoms with E-state index in [4.69, 9.17) is 20.8 Å². The molecule has 5 rings (SSSR count). The van der Waals surface area contributed by atoms with Crippen molar-refractivity contribution < 1.29 is 9.15 Å². The summed E-state index contributed by atoms with van der Waals surface area (Å²) in [4.78, 5) is 14.6. The SMILES string of the molecule is CCC(C)c1ccc(N2COc3c(Cl)cc4c(-c5ccccc5)cc(=O)oc4c3C2)cc1. The van der Waals surface area contributed by atoms with E-state index in [0.29, 0.717) is 35.5 Å². The lowest BCUT2D eigenvalue weighted by Gasteiger charge is -2.32. The van der Waals surface area contributed by atoms with Crippen LogP contribution in [0.3, 0.4) is 0 Å². The normalized spacial score (nSPS) is 14.2. The predicted octanol–water partition coefficient (Wildman–Crippen LogP) is 6.98. The van der Waals surface area contributed by atoms with Gasteiger partial charge in [-0.25, -0.2) is 4.79 Å². The third-order valence-corrected chi connectivity index (χ3v) is 6.55. The van der Waals surface area contributed by atoms with Gasteiger partial charge in [0.2, 0.25) is 0 Å². The van der Waals surface area contributed by atoms with Gasteiger partial charge in [0.15, 0.2) is 6.73 Å². The molecule has 1 unspecified atom stereocenters. The van der Waals surface area contributed by atoms with E-state index in [2.05, 4.69) is 43.0 Å². The van der Waals surface area contributed by atoms with Crippen molar-refractivity contribution in [2.75, 3.05) is 11.6 Å².